The third kappa shape index (κ3) is 5.29. The molecule has 0 saturated carbocycles. The molecule has 1 amide bonds. The molecule has 0 aliphatic heterocycles. The summed E-state index contributed by atoms with van der Waals surface area (Å²) in [6.07, 6.45) is -1.78. The number of hydrogen-bond acceptors (Lipinski definition) is 4. The van der Waals surface area contributed by atoms with Gasteiger partial charge in [0.2, 0.25) is 0 Å². The highest BCUT2D eigenvalue weighted by Gasteiger charge is 2.38. The van der Waals surface area contributed by atoms with Crippen LogP contribution in [0.3, 0.4) is 0 Å². The number of halogens is 6. The van der Waals surface area contributed by atoms with Crippen LogP contribution in [0.1, 0.15) is 39.7 Å². The highest BCUT2D eigenvalue weighted by Crippen LogP contribution is 2.36. The summed E-state index contributed by atoms with van der Waals surface area (Å²) in [6, 6.07) is 2.84. The Kier molecular flexibility index (Phi) is 7.11. The summed E-state index contributed by atoms with van der Waals surface area (Å²) in [6.45, 7) is -1.40. The fraction of sp³-hybridized carbons (Fsp3) is 0.333. The van der Waals surface area contributed by atoms with E-state index in [0.717, 1.165) is 18.3 Å². The minimum atomic E-state index is -4.78. The number of rotatable bonds is 9. The number of carbonyl (C=O) groups excluding carboxylic acids is 1. The quantitative estimate of drug-likeness (QED) is 0.464. The standard InChI is InChI=1S/C18H16F6N2O3S/c19-7-5-18(23,24)6-8-30(28,29)16(10-1-4-13(17(25)27)26-9-10)14-11(20)2-3-12(21)15(14)22/h1-4,9,16H,5-8H2,(H2,25,27). The highest BCUT2D eigenvalue weighted by atomic mass is 32.2. The maximum Gasteiger partial charge on any atom is 0.267 e. The van der Waals surface area contributed by atoms with Gasteiger partial charge in [-0.1, -0.05) is 6.07 Å². The molecule has 0 aliphatic rings. The van der Waals surface area contributed by atoms with Crippen molar-refractivity contribution >= 4 is 15.7 Å². The number of pyridine rings is 1. The Morgan fingerprint density at radius 1 is 1.07 bits per heavy atom. The van der Waals surface area contributed by atoms with Gasteiger partial charge in [0.25, 0.3) is 11.8 Å². The molecule has 1 aromatic carbocycles. The topological polar surface area (TPSA) is 90.1 Å². The van der Waals surface area contributed by atoms with Crippen LogP contribution in [0.2, 0.25) is 0 Å². The van der Waals surface area contributed by atoms with Crippen LogP contribution in [0, 0.1) is 17.5 Å². The number of nitrogens with zero attached hydrogens (tertiary/aromatic N) is 1. The second kappa shape index (κ2) is 9.02. The van der Waals surface area contributed by atoms with E-state index in [1.54, 1.807) is 0 Å². The molecule has 2 rings (SSSR count). The molecule has 0 saturated heterocycles. The average Bonchev–Trinajstić information content (AvgIpc) is 2.67. The number of amides is 1. The molecule has 1 atom stereocenters. The van der Waals surface area contributed by atoms with Gasteiger partial charge in [-0.2, -0.15) is 0 Å². The monoisotopic (exact) mass is 454 g/mol. The molecule has 0 radical (unpaired) electrons. The summed E-state index contributed by atoms with van der Waals surface area (Å²) in [5.74, 6) is -10.8. The normalized spacial score (nSPS) is 13.3. The number of benzene rings is 1. The number of sulfone groups is 1. The first-order chi connectivity index (χ1) is 13.9. The average molecular weight is 454 g/mol. The van der Waals surface area contributed by atoms with Crippen LogP contribution in [-0.4, -0.2) is 37.7 Å². The van der Waals surface area contributed by atoms with Crippen molar-refractivity contribution in [3.63, 3.8) is 0 Å². The molecular weight excluding hydrogens is 438 g/mol. The zero-order valence-corrected chi connectivity index (χ0v) is 16.0. The molecule has 2 N–H and O–H groups in total. The van der Waals surface area contributed by atoms with Crippen molar-refractivity contribution in [3.05, 3.63) is 64.7 Å². The Labute approximate surface area is 167 Å². The zero-order chi connectivity index (χ0) is 22.7. The van der Waals surface area contributed by atoms with E-state index in [4.69, 9.17) is 5.73 Å². The molecule has 2 aromatic rings. The largest absolute Gasteiger partial charge is 0.364 e. The van der Waals surface area contributed by atoms with Crippen molar-refractivity contribution in [3.8, 4) is 0 Å². The molecule has 1 heterocycles. The Balaban J connectivity index is 2.60. The van der Waals surface area contributed by atoms with Gasteiger partial charge in [-0.3, -0.25) is 14.2 Å². The molecule has 1 unspecified atom stereocenters. The minimum absolute atomic E-state index is 0.301. The summed E-state index contributed by atoms with van der Waals surface area (Å²) in [5.41, 5.74) is 3.09. The maximum atomic E-state index is 14.4. The Morgan fingerprint density at radius 2 is 1.70 bits per heavy atom. The Bertz CT molecular complexity index is 1030. The summed E-state index contributed by atoms with van der Waals surface area (Å²) in [4.78, 5) is 14.7. The fourth-order valence-electron chi connectivity index (χ4n) is 2.72. The molecule has 0 spiro atoms. The van der Waals surface area contributed by atoms with Crippen LogP contribution in [0.5, 0.6) is 0 Å². The van der Waals surface area contributed by atoms with Crippen LogP contribution in [0.4, 0.5) is 26.3 Å². The van der Waals surface area contributed by atoms with E-state index in [1.807, 2.05) is 0 Å². The summed E-state index contributed by atoms with van der Waals surface area (Å²) >= 11 is 0. The van der Waals surface area contributed by atoms with E-state index >= 15 is 0 Å². The van der Waals surface area contributed by atoms with E-state index in [0.29, 0.717) is 12.1 Å². The maximum absolute atomic E-state index is 14.4. The van der Waals surface area contributed by atoms with Gasteiger partial charge in [0.05, 0.1) is 12.4 Å². The molecule has 0 aliphatic carbocycles. The van der Waals surface area contributed by atoms with Crippen LogP contribution in [-0.2, 0) is 9.84 Å². The number of aromatic nitrogens is 1. The number of hydrogen-bond donors (Lipinski definition) is 1. The van der Waals surface area contributed by atoms with Gasteiger partial charge in [-0.05, 0) is 23.8 Å². The molecule has 5 nitrogen and oxygen atoms in total. The van der Waals surface area contributed by atoms with Crippen molar-refractivity contribution in [1.29, 1.82) is 0 Å². The van der Waals surface area contributed by atoms with Crippen LogP contribution < -0.4 is 5.73 Å². The Hall–Kier alpha value is -2.63. The van der Waals surface area contributed by atoms with Gasteiger partial charge in [0.15, 0.2) is 21.5 Å². The summed E-state index contributed by atoms with van der Waals surface area (Å²) in [7, 11) is -4.78. The van der Waals surface area contributed by atoms with E-state index in [-0.39, 0.29) is 5.69 Å². The predicted octanol–water partition coefficient (Wildman–Crippen LogP) is 3.49. The number of alkyl halides is 3. The van der Waals surface area contributed by atoms with Crippen molar-refractivity contribution in [1.82, 2.24) is 4.98 Å². The fourth-order valence-corrected chi connectivity index (χ4v) is 4.66. The van der Waals surface area contributed by atoms with E-state index in [1.165, 1.54) is 0 Å². The lowest BCUT2D eigenvalue weighted by Crippen LogP contribution is -2.27. The van der Waals surface area contributed by atoms with Crippen molar-refractivity contribution < 1.29 is 39.6 Å². The first kappa shape index (κ1) is 23.6. The molecule has 30 heavy (non-hydrogen) atoms. The summed E-state index contributed by atoms with van der Waals surface area (Å²) < 4.78 is 107. The van der Waals surface area contributed by atoms with E-state index in [9.17, 15) is 39.6 Å². The lowest BCUT2D eigenvalue weighted by atomic mass is 10.0. The van der Waals surface area contributed by atoms with Crippen LogP contribution in [0.15, 0.2) is 30.5 Å². The van der Waals surface area contributed by atoms with Crippen LogP contribution in [0.25, 0.3) is 0 Å². The first-order valence-corrected chi connectivity index (χ1v) is 10.2. The smallest absolute Gasteiger partial charge is 0.267 e. The van der Waals surface area contributed by atoms with Gasteiger partial charge in [0.1, 0.15) is 16.8 Å². The molecular formula is C18H16F6N2O3S. The van der Waals surface area contributed by atoms with Gasteiger partial charge < -0.3 is 5.73 Å². The number of primary amides is 1. The minimum Gasteiger partial charge on any atom is -0.364 e. The first-order valence-electron chi connectivity index (χ1n) is 8.44. The van der Waals surface area contributed by atoms with Gasteiger partial charge in [-0.25, -0.2) is 30.4 Å². The second-order valence-electron chi connectivity index (χ2n) is 6.39. The molecule has 164 valence electrons. The van der Waals surface area contributed by atoms with Gasteiger partial charge in [0, 0.05) is 24.6 Å². The SMILES string of the molecule is NC(=O)c1ccc(C(c2c(F)ccc(F)c2F)S(=O)(=O)CCC(F)(F)CCF)cn1. The highest BCUT2D eigenvalue weighted by molar-refractivity contribution is 7.91. The van der Waals surface area contributed by atoms with Crippen LogP contribution >= 0.6 is 0 Å². The van der Waals surface area contributed by atoms with Gasteiger partial charge >= 0.3 is 0 Å². The molecule has 0 bridgehead atoms. The third-order valence-electron chi connectivity index (χ3n) is 4.25. The second-order valence-corrected chi connectivity index (χ2v) is 8.60. The van der Waals surface area contributed by atoms with Crippen molar-refractivity contribution in [2.75, 3.05) is 12.4 Å². The lowest BCUT2D eigenvalue weighted by Gasteiger charge is -2.22. The zero-order valence-electron chi connectivity index (χ0n) is 15.2. The third-order valence-corrected chi connectivity index (χ3v) is 6.25. The number of nitrogens with two attached hydrogens (primary N) is 1. The molecule has 0 fully saturated rings. The molecule has 1 aromatic heterocycles. The molecule has 12 heteroatoms. The lowest BCUT2D eigenvalue weighted by molar-refractivity contribution is -0.0158. The van der Waals surface area contributed by atoms with Crippen molar-refractivity contribution in [2.45, 2.75) is 24.0 Å². The van der Waals surface area contributed by atoms with E-state index < -0.39 is 80.8 Å². The van der Waals surface area contributed by atoms with Crippen molar-refractivity contribution in [2.24, 2.45) is 5.73 Å². The predicted molar refractivity (Wildman–Crippen MR) is 94.9 cm³/mol. The number of carbonyl (C=O) groups is 1. The van der Waals surface area contributed by atoms with Gasteiger partial charge in [-0.15, -0.1) is 0 Å². The summed E-state index contributed by atoms with van der Waals surface area (Å²) in [5, 5.41) is -2.25. The van der Waals surface area contributed by atoms with E-state index in [2.05, 4.69) is 4.98 Å². The Morgan fingerprint density at radius 3 is 2.23 bits per heavy atom.